The van der Waals surface area contributed by atoms with Gasteiger partial charge in [0.1, 0.15) is 4.88 Å². The van der Waals surface area contributed by atoms with Crippen molar-refractivity contribution in [2.24, 2.45) is 0 Å². The molecular formula is C9H9FO2S. The summed E-state index contributed by atoms with van der Waals surface area (Å²) in [6, 6.07) is 0. The fourth-order valence-corrected chi connectivity index (χ4v) is 2.77. The number of carbonyl (C=O) groups is 1. The number of fused-ring (bicyclic) bond motifs is 1. The van der Waals surface area contributed by atoms with Crippen LogP contribution in [0, 0.1) is 5.82 Å². The Balaban J connectivity index is 2.50. The smallest absolute Gasteiger partial charge is 0.348 e. The third-order valence-electron chi connectivity index (χ3n) is 2.30. The summed E-state index contributed by atoms with van der Waals surface area (Å²) in [5.41, 5.74) is 0.647. The Kier molecular flexibility index (Phi) is 2.07. The number of hydrogen-bond donors (Lipinski definition) is 1. The highest BCUT2D eigenvalue weighted by Gasteiger charge is 2.23. The van der Waals surface area contributed by atoms with E-state index in [-0.39, 0.29) is 4.88 Å². The van der Waals surface area contributed by atoms with E-state index in [4.69, 9.17) is 5.11 Å². The zero-order valence-electron chi connectivity index (χ0n) is 6.97. The Hall–Kier alpha value is -0.900. The quantitative estimate of drug-likeness (QED) is 0.756. The van der Waals surface area contributed by atoms with E-state index < -0.39 is 11.8 Å². The molecule has 0 amide bonds. The van der Waals surface area contributed by atoms with Crippen LogP contribution in [0.3, 0.4) is 0 Å². The molecule has 2 nitrogen and oxygen atoms in total. The van der Waals surface area contributed by atoms with E-state index in [1.54, 1.807) is 0 Å². The first-order valence-electron chi connectivity index (χ1n) is 4.23. The maximum Gasteiger partial charge on any atom is 0.348 e. The van der Waals surface area contributed by atoms with Gasteiger partial charge in [0, 0.05) is 10.4 Å². The third-order valence-corrected chi connectivity index (χ3v) is 3.56. The Labute approximate surface area is 79.0 Å². The maximum absolute atomic E-state index is 13.4. The van der Waals surface area contributed by atoms with Gasteiger partial charge in [-0.15, -0.1) is 11.3 Å². The maximum atomic E-state index is 13.4. The molecule has 0 saturated carbocycles. The van der Waals surface area contributed by atoms with Gasteiger partial charge in [-0.25, -0.2) is 9.18 Å². The molecule has 70 valence electrons. The average molecular weight is 200 g/mol. The first-order chi connectivity index (χ1) is 6.20. The zero-order valence-corrected chi connectivity index (χ0v) is 7.79. The van der Waals surface area contributed by atoms with Gasteiger partial charge in [-0.2, -0.15) is 0 Å². The van der Waals surface area contributed by atoms with Crippen LogP contribution in [-0.4, -0.2) is 11.1 Å². The molecule has 1 heterocycles. The minimum atomic E-state index is -1.14. The predicted molar refractivity (Wildman–Crippen MR) is 47.9 cm³/mol. The van der Waals surface area contributed by atoms with Gasteiger partial charge in [0.2, 0.25) is 0 Å². The van der Waals surface area contributed by atoms with Crippen molar-refractivity contribution in [2.45, 2.75) is 25.7 Å². The van der Waals surface area contributed by atoms with Gasteiger partial charge >= 0.3 is 5.97 Å². The molecular weight excluding hydrogens is 191 g/mol. The largest absolute Gasteiger partial charge is 0.477 e. The molecule has 0 aliphatic heterocycles. The molecule has 0 saturated heterocycles. The van der Waals surface area contributed by atoms with Gasteiger partial charge in [0.05, 0.1) is 0 Å². The lowest BCUT2D eigenvalue weighted by Crippen LogP contribution is -2.01. The normalized spacial score (nSPS) is 15.5. The minimum absolute atomic E-state index is 0.119. The lowest BCUT2D eigenvalue weighted by molar-refractivity contribution is 0.0697. The zero-order chi connectivity index (χ0) is 9.42. The molecule has 0 unspecified atom stereocenters. The van der Waals surface area contributed by atoms with E-state index in [2.05, 4.69) is 0 Å². The van der Waals surface area contributed by atoms with Crippen molar-refractivity contribution in [3.05, 3.63) is 21.1 Å². The highest BCUT2D eigenvalue weighted by Crippen LogP contribution is 2.32. The molecule has 0 spiro atoms. The van der Waals surface area contributed by atoms with Crippen molar-refractivity contribution in [1.82, 2.24) is 0 Å². The monoisotopic (exact) mass is 200 g/mol. The molecule has 2 rings (SSSR count). The van der Waals surface area contributed by atoms with E-state index in [0.29, 0.717) is 12.0 Å². The average Bonchev–Trinajstić information content (AvgIpc) is 2.45. The van der Waals surface area contributed by atoms with Crippen LogP contribution in [0.2, 0.25) is 0 Å². The summed E-state index contributed by atoms with van der Waals surface area (Å²) in [7, 11) is 0. The number of hydrogen-bond acceptors (Lipinski definition) is 2. The van der Waals surface area contributed by atoms with Crippen molar-refractivity contribution >= 4 is 17.3 Å². The molecule has 4 heteroatoms. The Morgan fingerprint density at radius 2 is 2.08 bits per heavy atom. The van der Waals surface area contributed by atoms with Crippen LogP contribution >= 0.6 is 11.3 Å². The van der Waals surface area contributed by atoms with Crippen molar-refractivity contribution in [2.75, 3.05) is 0 Å². The predicted octanol–water partition coefficient (Wildman–Crippen LogP) is 2.46. The van der Waals surface area contributed by atoms with Crippen molar-refractivity contribution in [1.29, 1.82) is 0 Å². The molecule has 13 heavy (non-hydrogen) atoms. The highest BCUT2D eigenvalue weighted by molar-refractivity contribution is 7.14. The van der Waals surface area contributed by atoms with Crippen molar-refractivity contribution < 1.29 is 14.3 Å². The number of rotatable bonds is 1. The summed E-state index contributed by atoms with van der Waals surface area (Å²) in [5, 5.41) is 8.69. The summed E-state index contributed by atoms with van der Waals surface area (Å²) < 4.78 is 13.4. The second-order valence-electron chi connectivity index (χ2n) is 3.16. The third kappa shape index (κ3) is 1.35. The number of thiophene rings is 1. The number of carboxylic acids is 1. The van der Waals surface area contributed by atoms with E-state index in [1.807, 2.05) is 0 Å². The number of aromatic carboxylic acids is 1. The Morgan fingerprint density at radius 3 is 2.69 bits per heavy atom. The molecule has 1 aromatic heterocycles. The fourth-order valence-electron chi connectivity index (χ4n) is 1.67. The molecule has 0 fully saturated rings. The molecule has 0 atom stereocenters. The Morgan fingerprint density at radius 1 is 1.38 bits per heavy atom. The van der Waals surface area contributed by atoms with Gasteiger partial charge in [-0.3, -0.25) is 0 Å². The Bertz CT molecular complexity index is 357. The second-order valence-corrected chi connectivity index (χ2v) is 4.26. The standard InChI is InChI=1S/C9H9FO2S/c10-7-5-3-1-2-4-6(5)13-8(7)9(11)12/h1-4H2,(H,11,12). The molecule has 1 aliphatic carbocycles. The molecule has 0 aromatic carbocycles. The number of carboxylic acid groups (broad SMARTS) is 1. The molecule has 0 radical (unpaired) electrons. The van der Waals surface area contributed by atoms with Crippen LogP contribution in [0.4, 0.5) is 4.39 Å². The summed E-state index contributed by atoms with van der Waals surface area (Å²) in [4.78, 5) is 11.4. The first kappa shape index (κ1) is 8.69. The van der Waals surface area contributed by atoms with E-state index in [0.717, 1.165) is 35.5 Å². The van der Waals surface area contributed by atoms with E-state index in [1.165, 1.54) is 0 Å². The van der Waals surface area contributed by atoms with Crippen LogP contribution in [-0.2, 0) is 12.8 Å². The van der Waals surface area contributed by atoms with E-state index in [9.17, 15) is 9.18 Å². The van der Waals surface area contributed by atoms with Crippen molar-refractivity contribution in [3.63, 3.8) is 0 Å². The highest BCUT2D eigenvalue weighted by atomic mass is 32.1. The van der Waals surface area contributed by atoms with Gasteiger partial charge in [-0.1, -0.05) is 0 Å². The molecule has 1 aromatic rings. The fraction of sp³-hybridized carbons (Fsp3) is 0.444. The van der Waals surface area contributed by atoms with Gasteiger partial charge < -0.3 is 5.11 Å². The van der Waals surface area contributed by atoms with Gasteiger partial charge in [-0.05, 0) is 25.7 Å². The lowest BCUT2D eigenvalue weighted by Gasteiger charge is -2.08. The van der Waals surface area contributed by atoms with Crippen molar-refractivity contribution in [3.8, 4) is 0 Å². The van der Waals surface area contributed by atoms with Crippen LogP contribution in [0.25, 0.3) is 0 Å². The number of halogens is 1. The number of aryl methyl sites for hydroxylation is 1. The summed E-state index contributed by atoms with van der Waals surface area (Å²) >= 11 is 1.10. The van der Waals surface area contributed by atoms with Gasteiger partial charge in [0.15, 0.2) is 5.82 Å². The molecule has 0 bridgehead atoms. The van der Waals surface area contributed by atoms with E-state index >= 15 is 0 Å². The van der Waals surface area contributed by atoms with Crippen LogP contribution < -0.4 is 0 Å². The van der Waals surface area contributed by atoms with Crippen LogP contribution in [0.5, 0.6) is 0 Å². The SMILES string of the molecule is O=C(O)c1sc2c(c1F)CCCC2. The van der Waals surface area contributed by atoms with Gasteiger partial charge in [0.25, 0.3) is 0 Å². The van der Waals surface area contributed by atoms with Crippen LogP contribution in [0.1, 0.15) is 33.0 Å². The summed E-state index contributed by atoms with van der Waals surface area (Å²) in [6.45, 7) is 0. The lowest BCUT2D eigenvalue weighted by atomic mass is 9.99. The molecule has 1 N–H and O–H groups in total. The minimum Gasteiger partial charge on any atom is -0.477 e. The topological polar surface area (TPSA) is 37.3 Å². The first-order valence-corrected chi connectivity index (χ1v) is 5.05. The summed E-state index contributed by atoms with van der Waals surface area (Å²) in [5.74, 6) is -1.64. The summed E-state index contributed by atoms with van der Waals surface area (Å²) in [6.07, 6.45) is 3.56. The molecule has 1 aliphatic rings. The van der Waals surface area contributed by atoms with Crippen LogP contribution in [0.15, 0.2) is 0 Å². The second kappa shape index (κ2) is 3.10.